The number of carbonyl (C=O) groups excluding carboxylic acids is 4. The summed E-state index contributed by atoms with van der Waals surface area (Å²) < 4.78 is 15.5. The molecule has 13 heteroatoms. The van der Waals surface area contributed by atoms with Gasteiger partial charge in [-0.1, -0.05) is 17.7 Å². The lowest BCUT2D eigenvalue weighted by atomic mass is 10.1. The number of alkyl halides is 1. The summed E-state index contributed by atoms with van der Waals surface area (Å²) in [6.07, 6.45) is 0.421. The number of pyridine rings is 1. The number of nitrogens with two attached hydrogens (primary N) is 1. The molecule has 0 saturated heterocycles. The summed E-state index contributed by atoms with van der Waals surface area (Å²) in [7, 11) is 1.44. The van der Waals surface area contributed by atoms with Crippen LogP contribution in [0.4, 0.5) is 20.2 Å². The van der Waals surface area contributed by atoms with E-state index in [1.54, 1.807) is 32.9 Å². The lowest BCUT2D eigenvalue weighted by Gasteiger charge is -2.23. The molecule has 12 nitrogen and oxygen atoms in total. The van der Waals surface area contributed by atoms with Crippen LogP contribution in [0, 0.1) is 0 Å². The second kappa shape index (κ2) is 13.4. The molecule has 1 rings (SSSR count). The third-order valence-corrected chi connectivity index (χ3v) is 4.13. The van der Waals surface area contributed by atoms with E-state index in [1.807, 2.05) is 0 Å². The number of nitrogens with one attached hydrogen (secondary N) is 2. The van der Waals surface area contributed by atoms with Crippen molar-refractivity contribution in [2.75, 3.05) is 18.5 Å². The van der Waals surface area contributed by atoms with E-state index in [1.165, 1.54) is 20.2 Å². The Morgan fingerprint density at radius 1 is 1.26 bits per heavy atom. The molecule has 0 saturated carbocycles. The van der Waals surface area contributed by atoms with Gasteiger partial charge in [0.2, 0.25) is 0 Å². The minimum absolute atomic E-state index is 0.151. The van der Waals surface area contributed by atoms with Gasteiger partial charge in [-0.3, -0.25) is 4.90 Å². The largest absolute Gasteiger partial charge is 0.459 e. The monoisotopic (exact) mass is 501 g/mol. The van der Waals surface area contributed by atoms with Crippen LogP contribution in [0.25, 0.3) is 0 Å². The van der Waals surface area contributed by atoms with Crippen molar-refractivity contribution in [3.63, 3.8) is 0 Å². The molecule has 1 heterocycles. The van der Waals surface area contributed by atoms with Gasteiger partial charge in [0.05, 0.1) is 0 Å². The number of anilines is 1. The predicted molar refractivity (Wildman–Crippen MR) is 124 cm³/mol. The summed E-state index contributed by atoms with van der Waals surface area (Å²) in [6, 6.07) is 1.48. The van der Waals surface area contributed by atoms with Gasteiger partial charge in [0.25, 0.3) is 0 Å². The van der Waals surface area contributed by atoms with Gasteiger partial charge < -0.3 is 30.6 Å². The van der Waals surface area contributed by atoms with Crippen molar-refractivity contribution in [3.05, 3.63) is 23.9 Å². The van der Waals surface area contributed by atoms with Crippen LogP contribution in [-0.2, 0) is 25.6 Å². The van der Waals surface area contributed by atoms with E-state index in [0.29, 0.717) is 12.0 Å². The molecule has 0 fully saturated rings. The number of ether oxygens (including phenoxy) is 3. The molecular formula is C21H32ClN5O7. The molecular weight excluding hydrogens is 470 g/mol. The minimum Gasteiger partial charge on any atom is -0.459 e. The summed E-state index contributed by atoms with van der Waals surface area (Å²) >= 11 is 5.70. The van der Waals surface area contributed by atoms with E-state index in [4.69, 9.17) is 31.5 Å². The van der Waals surface area contributed by atoms with E-state index >= 15 is 0 Å². The van der Waals surface area contributed by atoms with Crippen molar-refractivity contribution in [1.82, 2.24) is 15.6 Å². The first kappa shape index (κ1) is 28.8. The van der Waals surface area contributed by atoms with E-state index < -0.39 is 41.4 Å². The standard InChI is InChI=1S/C21H32ClN5O7/c1-13(22)33-20(31)27(5)16-14(8-6-10-24-16)12-32-17(28)15(9-7-11-25-18(23)29)26-19(30)34-21(2,3)4/h6,8,10,13,15H,7,9,11-12H2,1-5H3,(H,26,30)(H3,23,25,29)/t13?,15-/m0/s1. The van der Waals surface area contributed by atoms with Crippen LogP contribution < -0.4 is 21.3 Å². The summed E-state index contributed by atoms with van der Waals surface area (Å²) in [5.74, 6) is -0.528. The maximum Gasteiger partial charge on any atom is 0.416 e. The highest BCUT2D eigenvalue weighted by atomic mass is 35.5. The summed E-state index contributed by atoms with van der Waals surface area (Å²) in [4.78, 5) is 53.2. The van der Waals surface area contributed by atoms with Crippen molar-refractivity contribution in [3.8, 4) is 0 Å². The number of primary amides is 1. The molecule has 0 bridgehead atoms. The molecule has 2 atom stereocenters. The van der Waals surface area contributed by atoms with Crippen molar-refractivity contribution in [2.24, 2.45) is 5.73 Å². The van der Waals surface area contributed by atoms with Gasteiger partial charge in [-0.25, -0.2) is 24.2 Å². The fraction of sp³-hybridized carbons (Fsp3) is 0.571. The van der Waals surface area contributed by atoms with Gasteiger partial charge >= 0.3 is 24.2 Å². The van der Waals surface area contributed by atoms with Gasteiger partial charge in [-0.05, 0) is 46.6 Å². The first-order valence-electron chi connectivity index (χ1n) is 10.5. The summed E-state index contributed by atoms with van der Waals surface area (Å²) in [5, 5.41) is 4.89. The normalized spacial score (nSPS) is 12.6. The number of hydrogen-bond donors (Lipinski definition) is 3. The van der Waals surface area contributed by atoms with E-state index in [9.17, 15) is 19.2 Å². The lowest BCUT2D eigenvalue weighted by molar-refractivity contribution is -0.147. The first-order valence-corrected chi connectivity index (χ1v) is 11.0. The topological polar surface area (TPSA) is 162 Å². The van der Waals surface area contributed by atoms with Crippen LogP contribution in [0.2, 0.25) is 0 Å². The van der Waals surface area contributed by atoms with Gasteiger partial charge in [-0.15, -0.1) is 0 Å². The predicted octanol–water partition coefficient (Wildman–Crippen LogP) is 2.62. The highest BCUT2D eigenvalue weighted by molar-refractivity contribution is 6.20. The second-order valence-corrected chi connectivity index (χ2v) is 8.83. The zero-order valence-electron chi connectivity index (χ0n) is 19.9. The van der Waals surface area contributed by atoms with Gasteiger partial charge in [-0.2, -0.15) is 0 Å². The number of halogens is 1. The molecule has 1 aromatic heterocycles. The molecule has 4 N–H and O–H groups in total. The molecule has 4 amide bonds. The Hall–Kier alpha value is -3.28. The Kier molecular flexibility index (Phi) is 11.4. The SMILES string of the molecule is CC(Cl)OC(=O)N(C)c1ncccc1COC(=O)[C@H](CCCNC(N)=O)NC(=O)OC(C)(C)C. The Morgan fingerprint density at radius 2 is 1.94 bits per heavy atom. The number of amides is 4. The number of alkyl carbamates (subject to hydrolysis) is 1. The zero-order chi connectivity index (χ0) is 25.9. The van der Waals surface area contributed by atoms with Gasteiger partial charge in [0, 0.05) is 25.4 Å². The van der Waals surface area contributed by atoms with E-state index in [2.05, 4.69) is 15.6 Å². The zero-order valence-corrected chi connectivity index (χ0v) is 20.7. The quantitative estimate of drug-likeness (QED) is 0.191. The average Bonchev–Trinajstić information content (AvgIpc) is 2.71. The van der Waals surface area contributed by atoms with Gasteiger partial charge in [0.15, 0.2) is 5.56 Å². The molecule has 0 aliphatic heterocycles. The Balaban J connectivity index is 2.88. The minimum atomic E-state index is -1.05. The molecule has 1 aromatic rings. The number of esters is 1. The molecule has 190 valence electrons. The van der Waals surface area contributed by atoms with Crippen LogP contribution >= 0.6 is 11.6 Å². The maximum absolute atomic E-state index is 12.8. The highest BCUT2D eigenvalue weighted by Crippen LogP contribution is 2.19. The Morgan fingerprint density at radius 3 is 2.53 bits per heavy atom. The van der Waals surface area contributed by atoms with Crippen molar-refractivity contribution in [2.45, 2.75) is 64.3 Å². The van der Waals surface area contributed by atoms with Crippen LogP contribution in [0.3, 0.4) is 0 Å². The van der Waals surface area contributed by atoms with Crippen LogP contribution in [-0.4, -0.2) is 60.0 Å². The fourth-order valence-electron chi connectivity index (χ4n) is 2.62. The third kappa shape index (κ3) is 11.0. The molecule has 0 aliphatic carbocycles. The maximum atomic E-state index is 12.8. The number of nitrogens with zero attached hydrogens (tertiary/aromatic N) is 2. The molecule has 0 aromatic carbocycles. The van der Waals surface area contributed by atoms with Crippen LogP contribution in [0.15, 0.2) is 18.3 Å². The number of rotatable bonds is 10. The number of carbonyl (C=O) groups is 4. The fourth-order valence-corrected chi connectivity index (χ4v) is 2.69. The van der Waals surface area contributed by atoms with Crippen molar-refractivity contribution < 1.29 is 33.4 Å². The average molecular weight is 502 g/mol. The Labute approximate surface area is 203 Å². The molecule has 34 heavy (non-hydrogen) atoms. The van der Waals surface area contributed by atoms with Gasteiger partial charge in [0.1, 0.15) is 24.1 Å². The number of urea groups is 1. The molecule has 0 aliphatic rings. The van der Waals surface area contributed by atoms with E-state index in [-0.39, 0.29) is 25.4 Å². The molecule has 0 radical (unpaired) electrons. The summed E-state index contributed by atoms with van der Waals surface area (Å²) in [5.41, 5.74) is 3.85. The third-order valence-electron chi connectivity index (χ3n) is 4.04. The highest BCUT2D eigenvalue weighted by Gasteiger charge is 2.26. The molecule has 1 unspecified atom stereocenters. The lowest BCUT2D eigenvalue weighted by Crippen LogP contribution is -2.44. The second-order valence-electron chi connectivity index (χ2n) is 8.21. The number of aromatic nitrogens is 1. The smallest absolute Gasteiger partial charge is 0.416 e. The van der Waals surface area contributed by atoms with Crippen LogP contribution in [0.5, 0.6) is 0 Å². The Bertz CT molecular complexity index is 860. The first-order chi connectivity index (χ1) is 15.8. The van der Waals surface area contributed by atoms with Crippen LogP contribution in [0.1, 0.15) is 46.1 Å². The number of hydrogen-bond acceptors (Lipinski definition) is 8. The van der Waals surface area contributed by atoms with Crippen molar-refractivity contribution >= 4 is 41.6 Å². The van der Waals surface area contributed by atoms with E-state index in [0.717, 1.165) is 4.90 Å². The molecule has 0 spiro atoms. The summed E-state index contributed by atoms with van der Waals surface area (Å²) in [6.45, 7) is 6.52. The van der Waals surface area contributed by atoms with Crippen molar-refractivity contribution in [1.29, 1.82) is 0 Å².